The zero-order valence-corrected chi connectivity index (χ0v) is 14.5. The molecule has 0 saturated carbocycles. The summed E-state index contributed by atoms with van der Waals surface area (Å²) >= 11 is 0. The number of carbonyl (C=O) groups excluding carboxylic acids is 2. The Morgan fingerprint density at radius 3 is 2.73 bits per heavy atom. The van der Waals surface area contributed by atoms with Gasteiger partial charge in [0.1, 0.15) is 5.82 Å². The number of benzene rings is 2. The summed E-state index contributed by atoms with van der Waals surface area (Å²) in [5, 5.41) is 7.99. The molecule has 0 aliphatic rings. The van der Waals surface area contributed by atoms with Gasteiger partial charge in [0.05, 0.1) is 11.2 Å². The van der Waals surface area contributed by atoms with E-state index in [0.29, 0.717) is 12.0 Å². The number of fused-ring (bicyclic) bond motifs is 1. The Hall–Kier alpha value is -3.02. The highest BCUT2D eigenvalue weighted by molar-refractivity contribution is 5.92. The number of amides is 1. The molecule has 5 nitrogen and oxygen atoms in total. The lowest BCUT2D eigenvalue weighted by atomic mass is 10.2. The molecule has 0 aliphatic carbocycles. The monoisotopic (exact) mass is 353 g/mol. The van der Waals surface area contributed by atoms with Crippen molar-refractivity contribution in [1.82, 2.24) is 15.1 Å². The first kappa shape index (κ1) is 17.8. The molecule has 26 heavy (non-hydrogen) atoms. The molecule has 0 spiro atoms. The third-order valence-electron chi connectivity index (χ3n) is 4.18. The van der Waals surface area contributed by atoms with Crippen molar-refractivity contribution in [3.8, 4) is 0 Å². The van der Waals surface area contributed by atoms with Crippen molar-refractivity contribution >= 4 is 22.7 Å². The predicted octanol–water partition coefficient (Wildman–Crippen LogP) is 3.61. The van der Waals surface area contributed by atoms with Gasteiger partial charge in [-0.25, -0.2) is 4.39 Å². The first-order valence-corrected chi connectivity index (χ1v) is 8.53. The number of nitrogens with zero attached hydrogens (tertiary/aromatic N) is 2. The van der Waals surface area contributed by atoms with Crippen LogP contribution in [0, 0.1) is 12.7 Å². The second-order valence-electron chi connectivity index (χ2n) is 6.17. The van der Waals surface area contributed by atoms with Crippen LogP contribution in [0.1, 0.15) is 35.3 Å². The highest BCUT2D eigenvalue weighted by Gasteiger charge is 2.13. The van der Waals surface area contributed by atoms with Crippen LogP contribution in [0.3, 0.4) is 0 Å². The van der Waals surface area contributed by atoms with Gasteiger partial charge < -0.3 is 5.32 Å². The molecule has 0 radical (unpaired) electrons. The van der Waals surface area contributed by atoms with Crippen LogP contribution in [0.4, 0.5) is 4.39 Å². The lowest BCUT2D eigenvalue weighted by Gasteiger charge is -2.06. The van der Waals surface area contributed by atoms with Gasteiger partial charge in [0.2, 0.25) is 11.8 Å². The molecule has 134 valence electrons. The minimum Gasteiger partial charge on any atom is -0.352 e. The lowest BCUT2D eigenvalue weighted by Crippen LogP contribution is -2.23. The summed E-state index contributed by atoms with van der Waals surface area (Å²) in [6.07, 6.45) is 0.902. The number of hydrogen-bond donors (Lipinski definition) is 1. The van der Waals surface area contributed by atoms with Gasteiger partial charge in [-0.05, 0) is 37.1 Å². The topological polar surface area (TPSA) is 64.0 Å². The summed E-state index contributed by atoms with van der Waals surface area (Å²) in [5.41, 5.74) is 2.29. The van der Waals surface area contributed by atoms with Crippen LogP contribution in [0.5, 0.6) is 0 Å². The number of aromatic nitrogens is 2. The molecule has 1 amide bonds. The van der Waals surface area contributed by atoms with E-state index in [-0.39, 0.29) is 37.0 Å². The molecular weight excluding hydrogens is 333 g/mol. The molecule has 0 fully saturated rings. The van der Waals surface area contributed by atoms with Gasteiger partial charge in [-0.1, -0.05) is 30.3 Å². The van der Waals surface area contributed by atoms with Gasteiger partial charge in [0.15, 0.2) is 0 Å². The number of nitrogens with one attached hydrogen (secondary N) is 1. The first-order chi connectivity index (χ1) is 12.5. The average Bonchev–Trinajstić information content (AvgIpc) is 2.97. The number of para-hydroxylation sites is 1. The molecule has 0 bridgehead atoms. The van der Waals surface area contributed by atoms with Crippen LogP contribution < -0.4 is 5.32 Å². The Labute approximate surface area is 150 Å². The third-order valence-corrected chi connectivity index (χ3v) is 4.18. The summed E-state index contributed by atoms with van der Waals surface area (Å²) in [7, 11) is 0. The molecule has 1 aromatic heterocycles. The summed E-state index contributed by atoms with van der Waals surface area (Å²) in [4.78, 5) is 24.3. The molecule has 0 saturated heterocycles. The van der Waals surface area contributed by atoms with Crippen LogP contribution in [-0.2, 0) is 11.3 Å². The quantitative estimate of drug-likeness (QED) is 0.736. The summed E-state index contributed by atoms with van der Waals surface area (Å²) in [6.45, 7) is 2.14. The van der Waals surface area contributed by atoms with Gasteiger partial charge in [-0.15, -0.1) is 0 Å². The van der Waals surface area contributed by atoms with Gasteiger partial charge in [-0.3, -0.25) is 9.59 Å². The van der Waals surface area contributed by atoms with E-state index in [1.165, 1.54) is 16.8 Å². The fourth-order valence-corrected chi connectivity index (χ4v) is 2.85. The van der Waals surface area contributed by atoms with Crippen LogP contribution in [-0.4, -0.2) is 21.6 Å². The fourth-order valence-electron chi connectivity index (χ4n) is 2.85. The second kappa shape index (κ2) is 7.91. The molecule has 3 aromatic rings. The van der Waals surface area contributed by atoms with Gasteiger partial charge >= 0.3 is 0 Å². The lowest BCUT2D eigenvalue weighted by molar-refractivity contribution is -0.121. The van der Waals surface area contributed by atoms with E-state index in [4.69, 9.17) is 0 Å². The molecule has 0 aliphatic heterocycles. The maximum Gasteiger partial charge on any atom is 0.247 e. The minimum atomic E-state index is -0.330. The molecule has 0 unspecified atom stereocenters. The zero-order valence-electron chi connectivity index (χ0n) is 14.5. The van der Waals surface area contributed by atoms with E-state index in [9.17, 15) is 14.0 Å². The van der Waals surface area contributed by atoms with Crippen molar-refractivity contribution in [2.75, 3.05) is 0 Å². The summed E-state index contributed by atoms with van der Waals surface area (Å²) in [5.74, 6) is -0.625. The van der Waals surface area contributed by atoms with E-state index < -0.39 is 0 Å². The van der Waals surface area contributed by atoms with Crippen LogP contribution in [0.15, 0.2) is 48.5 Å². The van der Waals surface area contributed by atoms with Crippen LogP contribution in [0.2, 0.25) is 0 Å². The van der Waals surface area contributed by atoms with Crippen molar-refractivity contribution in [3.05, 3.63) is 65.6 Å². The van der Waals surface area contributed by atoms with Crippen molar-refractivity contribution in [3.63, 3.8) is 0 Å². The Kier molecular flexibility index (Phi) is 5.41. The number of aryl methyl sites for hydroxylation is 1. The van der Waals surface area contributed by atoms with Gasteiger partial charge in [0.25, 0.3) is 0 Å². The minimum absolute atomic E-state index is 0.132. The summed E-state index contributed by atoms with van der Waals surface area (Å²) < 4.78 is 14.5. The third kappa shape index (κ3) is 4.14. The van der Waals surface area contributed by atoms with Gasteiger partial charge in [0, 0.05) is 24.8 Å². The molecule has 1 heterocycles. The molecule has 2 aromatic carbocycles. The zero-order chi connectivity index (χ0) is 18.5. The van der Waals surface area contributed by atoms with Gasteiger partial charge in [-0.2, -0.15) is 9.78 Å². The Morgan fingerprint density at radius 2 is 1.92 bits per heavy atom. The van der Waals surface area contributed by atoms with Crippen molar-refractivity contribution in [1.29, 1.82) is 0 Å². The molecule has 3 rings (SSSR count). The maximum absolute atomic E-state index is 13.1. The van der Waals surface area contributed by atoms with Crippen LogP contribution in [0.25, 0.3) is 10.9 Å². The second-order valence-corrected chi connectivity index (χ2v) is 6.17. The Balaban J connectivity index is 1.49. The average molecular weight is 353 g/mol. The van der Waals surface area contributed by atoms with E-state index in [1.54, 1.807) is 12.1 Å². The first-order valence-electron chi connectivity index (χ1n) is 8.53. The fraction of sp³-hybridized carbons (Fsp3) is 0.250. The number of hydrogen-bond acceptors (Lipinski definition) is 3. The molecule has 0 atom stereocenters. The Bertz CT molecular complexity index is 949. The number of rotatable bonds is 6. The van der Waals surface area contributed by atoms with Crippen molar-refractivity contribution < 1.29 is 14.0 Å². The maximum atomic E-state index is 13.1. The highest BCUT2D eigenvalue weighted by atomic mass is 19.1. The Morgan fingerprint density at radius 1 is 1.12 bits per heavy atom. The summed E-state index contributed by atoms with van der Waals surface area (Å²) in [6, 6.07) is 13.7. The van der Waals surface area contributed by atoms with E-state index in [0.717, 1.165) is 16.6 Å². The number of carbonyl (C=O) groups is 2. The standard InChI is InChI=1S/C20H20FN3O2/c1-14-17-8-2-3-9-18(17)24(23-14)20(26)11-5-10-19(25)22-13-15-6-4-7-16(21)12-15/h2-4,6-9,12H,5,10-11,13H2,1H3,(H,22,25). The highest BCUT2D eigenvalue weighted by Crippen LogP contribution is 2.18. The molecule has 1 N–H and O–H groups in total. The van der Waals surface area contributed by atoms with Crippen molar-refractivity contribution in [2.45, 2.75) is 32.7 Å². The van der Waals surface area contributed by atoms with E-state index in [2.05, 4.69) is 10.4 Å². The normalized spacial score (nSPS) is 10.8. The largest absolute Gasteiger partial charge is 0.352 e. The smallest absolute Gasteiger partial charge is 0.247 e. The number of halogens is 1. The predicted molar refractivity (Wildman–Crippen MR) is 97.2 cm³/mol. The van der Waals surface area contributed by atoms with Crippen molar-refractivity contribution in [2.24, 2.45) is 0 Å². The SMILES string of the molecule is Cc1nn(C(=O)CCCC(=O)NCc2cccc(F)c2)c2ccccc12. The van der Waals surface area contributed by atoms with E-state index in [1.807, 2.05) is 31.2 Å². The van der Waals surface area contributed by atoms with Crippen LogP contribution >= 0.6 is 0 Å². The molecule has 6 heteroatoms. The molecular formula is C20H20FN3O2. The van der Waals surface area contributed by atoms with E-state index >= 15 is 0 Å².